The topological polar surface area (TPSA) is 82.1 Å². The van der Waals surface area contributed by atoms with Crippen LogP contribution in [0.4, 0.5) is 0 Å². The van der Waals surface area contributed by atoms with Crippen LogP contribution in [-0.4, -0.2) is 48.1 Å². The molecule has 3 fully saturated rings. The third-order valence-electron chi connectivity index (χ3n) is 3.97. The SMILES string of the molecule is C=C(CO)C(=O)OC1C2OC3C1OC(=O)C3C2C. The number of aliphatic hydroxyl groups excluding tert-OH is 1. The van der Waals surface area contributed by atoms with Crippen LogP contribution >= 0.6 is 0 Å². The molecule has 0 aromatic rings. The minimum atomic E-state index is -0.676. The molecule has 98 valence electrons. The Morgan fingerprint density at radius 2 is 2.17 bits per heavy atom. The number of hydrogen-bond acceptors (Lipinski definition) is 6. The highest BCUT2D eigenvalue weighted by molar-refractivity contribution is 5.88. The number of carbonyl (C=O) groups excluding carboxylic acids is 2. The van der Waals surface area contributed by atoms with Gasteiger partial charge in [0.15, 0.2) is 12.2 Å². The van der Waals surface area contributed by atoms with Crippen molar-refractivity contribution in [1.82, 2.24) is 0 Å². The molecule has 3 heterocycles. The second kappa shape index (κ2) is 3.80. The lowest BCUT2D eigenvalue weighted by molar-refractivity contribution is -0.157. The van der Waals surface area contributed by atoms with Crippen LogP contribution in [0.1, 0.15) is 6.92 Å². The van der Waals surface area contributed by atoms with Crippen LogP contribution in [0.2, 0.25) is 0 Å². The first kappa shape index (κ1) is 11.7. The molecule has 2 bridgehead atoms. The van der Waals surface area contributed by atoms with Gasteiger partial charge in [-0.3, -0.25) is 4.79 Å². The summed E-state index contributed by atoms with van der Waals surface area (Å²) in [5, 5.41) is 8.82. The number of hydrogen-bond donors (Lipinski definition) is 1. The van der Waals surface area contributed by atoms with E-state index in [-0.39, 0.29) is 35.6 Å². The lowest BCUT2D eigenvalue weighted by atomic mass is 9.80. The van der Waals surface area contributed by atoms with Gasteiger partial charge in [0.1, 0.15) is 12.2 Å². The standard InChI is InChI=1S/C12H14O6/c1-4(3-13)11(14)17-9-7-5(2)6-8(16-7)10(9)18-12(6)15/h5-10,13H,1,3H2,2H3. The smallest absolute Gasteiger partial charge is 0.336 e. The second-order valence-electron chi connectivity index (χ2n) is 4.98. The predicted octanol–water partition coefficient (Wildman–Crippen LogP) is -0.595. The van der Waals surface area contributed by atoms with Crippen LogP contribution in [0.5, 0.6) is 0 Å². The zero-order valence-electron chi connectivity index (χ0n) is 9.87. The molecule has 6 unspecified atom stereocenters. The lowest BCUT2D eigenvalue weighted by Gasteiger charge is -2.26. The first-order valence-electron chi connectivity index (χ1n) is 5.90. The van der Waals surface area contributed by atoms with Crippen LogP contribution in [0.25, 0.3) is 0 Å². The molecule has 6 nitrogen and oxygen atoms in total. The molecule has 0 aromatic heterocycles. The minimum Gasteiger partial charge on any atom is -0.455 e. The molecule has 3 aliphatic rings. The van der Waals surface area contributed by atoms with E-state index in [2.05, 4.69) is 6.58 Å². The maximum atomic E-state index is 11.6. The molecule has 3 rings (SSSR count). The average Bonchev–Trinajstić information content (AvgIpc) is 2.92. The molecule has 0 saturated carbocycles. The number of fused-ring (bicyclic) bond motifs is 1. The second-order valence-corrected chi connectivity index (χ2v) is 4.98. The van der Waals surface area contributed by atoms with Crippen LogP contribution in [-0.2, 0) is 23.8 Å². The highest BCUT2D eigenvalue weighted by Crippen LogP contribution is 2.50. The summed E-state index contributed by atoms with van der Waals surface area (Å²) in [7, 11) is 0. The summed E-state index contributed by atoms with van der Waals surface area (Å²) in [6.45, 7) is 4.83. The van der Waals surface area contributed by atoms with Crippen molar-refractivity contribution in [1.29, 1.82) is 0 Å². The normalized spacial score (nSPS) is 44.0. The highest BCUT2D eigenvalue weighted by atomic mass is 16.7. The number of rotatable bonds is 3. The van der Waals surface area contributed by atoms with E-state index in [1.54, 1.807) is 0 Å². The highest BCUT2D eigenvalue weighted by Gasteiger charge is 2.68. The lowest BCUT2D eigenvalue weighted by Crippen LogP contribution is -2.44. The number of esters is 2. The van der Waals surface area contributed by atoms with Crippen molar-refractivity contribution in [2.45, 2.75) is 31.3 Å². The maximum Gasteiger partial charge on any atom is 0.336 e. The molecule has 3 saturated heterocycles. The van der Waals surface area contributed by atoms with E-state index in [9.17, 15) is 9.59 Å². The van der Waals surface area contributed by atoms with E-state index in [4.69, 9.17) is 19.3 Å². The fraction of sp³-hybridized carbons (Fsp3) is 0.667. The van der Waals surface area contributed by atoms with E-state index in [0.717, 1.165) is 0 Å². The number of aliphatic hydroxyl groups is 1. The minimum absolute atomic E-state index is 0.0219. The van der Waals surface area contributed by atoms with E-state index in [0.29, 0.717) is 0 Å². The van der Waals surface area contributed by atoms with E-state index < -0.39 is 24.8 Å². The van der Waals surface area contributed by atoms with Crippen molar-refractivity contribution in [3.8, 4) is 0 Å². The Morgan fingerprint density at radius 1 is 1.44 bits per heavy atom. The van der Waals surface area contributed by atoms with Gasteiger partial charge in [-0.25, -0.2) is 4.79 Å². The Labute approximate surface area is 104 Å². The Kier molecular flexibility index (Phi) is 2.46. The first-order chi connectivity index (χ1) is 8.54. The number of carbonyl (C=O) groups is 2. The molecule has 0 aromatic carbocycles. The van der Waals surface area contributed by atoms with Gasteiger partial charge in [-0.05, 0) is 0 Å². The van der Waals surface area contributed by atoms with Gasteiger partial charge in [0.05, 0.1) is 18.1 Å². The van der Waals surface area contributed by atoms with Gasteiger partial charge in [-0.1, -0.05) is 13.5 Å². The van der Waals surface area contributed by atoms with E-state index in [1.807, 2.05) is 6.92 Å². The van der Waals surface area contributed by atoms with Gasteiger partial charge in [-0.15, -0.1) is 0 Å². The largest absolute Gasteiger partial charge is 0.455 e. The summed E-state index contributed by atoms with van der Waals surface area (Å²) in [5.41, 5.74) is -0.0219. The molecule has 0 radical (unpaired) electrons. The van der Waals surface area contributed by atoms with E-state index in [1.165, 1.54) is 0 Å². The first-order valence-corrected chi connectivity index (χ1v) is 5.90. The predicted molar refractivity (Wildman–Crippen MR) is 57.3 cm³/mol. The average molecular weight is 254 g/mol. The van der Waals surface area contributed by atoms with Crippen molar-refractivity contribution >= 4 is 11.9 Å². The van der Waals surface area contributed by atoms with Crippen molar-refractivity contribution in [2.75, 3.05) is 6.61 Å². The Hall–Kier alpha value is -1.40. The summed E-state index contributed by atoms with van der Waals surface area (Å²) < 4.78 is 16.1. The Bertz CT molecular complexity index is 430. The third-order valence-corrected chi connectivity index (χ3v) is 3.97. The van der Waals surface area contributed by atoms with Gasteiger partial charge in [0, 0.05) is 5.92 Å². The fourth-order valence-electron chi connectivity index (χ4n) is 3.03. The summed E-state index contributed by atoms with van der Waals surface area (Å²) in [6, 6.07) is 0. The molecular formula is C12H14O6. The molecule has 6 heteroatoms. The maximum absolute atomic E-state index is 11.6. The molecule has 18 heavy (non-hydrogen) atoms. The molecule has 0 spiro atoms. The van der Waals surface area contributed by atoms with Crippen molar-refractivity contribution in [2.24, 2.45) is 11.8 Å². The zero-order valence-corrected chi connectivity index (χ0v) is 9.87. The van der Waals surface area contributed by atoms with Gasteiger partial charge in [0.2, 0.25) is 0 Å². The summed E-state index contributed by atoms with van der Waals surface area (Å²) in [4.78, 5) is 23.2. The fourth-order valence-corrected chi connectivity index (χ4v) is 3.03. The number of ether oxygens (including phenoxy) is 3. The Morgan fingerprint density at radius 3 is 2.83 bits per heavy atom. The van der Waals surface area contributed by atoms with Gasteiger partial charge in [-0.2, -0.15) is 0 Å². The van der Waals surface area contributed by atoms with Crippen molar-refractivity contribution in [3.05, 3.63) is 12.2 Å². The zero-order chi connectivity index (χ0) is 13.0. The third kappa shape index (κ3) is 1.36. The van der Waals surface area contributed by atoms with Gasteiger partial charge in [0.25, 0.3) is 0 Å². The summed E-state index contributed by atoms with van der Waals surface area (Å²) >= 11 is 0. The van der Waals surface area contributed by atoms with E-state index >= 15 is 0 Å². The molecule has 1 N–H and O–H groups in total. The summed E-state index contributed by atoms with van der Waals surface area (Å²) in [5.74, 6) is -1.22. The molecule has 3 aliphatic heterocycles. The van der Waals surface area contributed by atoms with Crippen LogP contribution in [0.15, 0.2) is 12.2 Å². The van der Waals surface area contributed by atoms with Crippen LogP contribution in [0.3, 0.4) is 0 Å². The molecule has 0 aliphatic carbocycles. The Balaban J connectivity index is 1.78. The monoisotopic (exact) mass is 254 g/mol. The summed E-state index contributed by atoms with van der Waals surface area (Å²) in [6.07, 6.45) is -1.73. The van der Waals surface area contributed by atoms with Crippen molar-refractivity contribution < 1.29 is 28.9 Å². The van der Waals surface area contributed by atoms with Gasteiger partial charge < -0.3 is 19.3 Å². The van der Waals surface area contributed by atoms with Crippen molar-refractivity contribution in [3.63, 3.8) is 0 Å². The molecular weight excluding hydrogens is 240 g/mol. The van der Waals surface area contributed by atoms with Gasteiger partial charge >= 0.3 is 11.9 Å². The quantitative estimate of drug-likeness (QED) is 0.535. The van der Waals surface area contributed by atoms with Crippen LogP contribution < -0.4 is 0 Å². The van der Waals surface area contributed by atoms with Crippen LogP contribution in [0, 0.1) is 11.8 Å². The molecule has 6 atom stereocenters. The molecule has 0 amide bonds.